The molecule has 0 spiro atoms. The van der Waals surface area contributed by atoms with Crippen molar-refractivity contribution in [3.63, 3.8) is 0 Å². The Labute approximate surface area is 341 Å². The van der Waals surface area contributed by atoms with Gasteiger partial charge in [0.15, 0.2) is 9.84 Å². The van der Waals surface area contributed by atoms with Crippen LogP contribution in [0.25, 0.3) is 21.9 Å². The zero-order valence-electron chi connectivity index (χ0n) is 32.4. The summed E-state index contributed by atoms with van der Waals surface area (Å²) in [6.07, 6.45) is 1.67. The average molecular weight is 825 g/mol. The van der Waals surface area contributed by atoms with Crippen molar-refractivity contribution in [2.75, 3.05) is 59.1 Å². The molecule has 2 aliphatic heterocycles. The summed E-state index contributed by atoms with van der Waals surface area (Å²) in [5.41, 5.74) is 2.75. The maximum Gasteiger partial charge on any atom is 0.255 e. The van der Waals surface area contributed by atoms with Crippen LogP contribution in [0.15, 0.2) is 102 Å². The van der Waals surface area contributed by atoms with Gasteiger partial charge in [0.1, 0.15) is 48.0 Å². The fourth-order valence-corrected chi connectivity index (χ4v) is 7.52. The van der Waals surface area contributed by atoms with Crippen LogP contribution >= 0.6 is 0 Å². The number of phenolic OH excluding ortho intramolecular Hbond substituents is 1. The van der Waals surface area contributed by atoms with E-state index in [1.54, 1.807) is 84.9 Å². The van der Waals surface area contributed by atoms with Crippen LogP contribution in [-0.2, 0) is 40.2 Å². The highest BCUT2D eigenvalue weighted by molar-refractivity contribution is 7.90. The van der Waals surface area contributed by atoms with Crippen LogP contribution < -0.4 is 19.5 Å². The van der Waals surface area contributed by atoms with Gasteiger partial charge in [0.2, 0.25) is 11.8 Å². The number of amides is 3. The van der Waals surface area contributed by atoms with E-state index in [0.717, 1.165) is 21.9 Å². The molecule has 2 heterocycles. The lowest BCUT2D eigenvalue weighted by atomic mass is 9.99. The number of carbonyl (C=O) groups excluding carboxylic acids is 3. The molecular formula is C44H44N2O12S. The first kappa shape index (κ1) is 41.2. The van der Waals surface area contributed by atoms with E-state index in [4.69, 9.17) is 28.4 Å². The van der Waals surface area contributed by atoms with E-state index in [9.17, 15) is 27.9 Å². The number of nitrogens with one attached hydrogen (secondary N) is 1. The van der Waals surface area contributed by atoms with Crippen molar-refractivity contribution >= 4 is 38.3 Å². The van der Waals surface area contributed by atoms with Crippen molar-refractivity contribution in [3.8, 4) is 39.9 Å². The molecular weight excluding hydrogens is 781 g/mol. The maximum absolute atomic E-state index is 13.0. The SMILES string of the molecule is CS(=O)(=O)c1ccc(-c2ccc3cc(O)ccc3c2Oc2ccc(OCCOCCOCCOCCOc3cccc4c3CN(C3CCC(=O)NC3=O)C4=O)cc2)cc1. The van der Waals surface area contributed by atoms with Gasteiger partial charge in [0.05, 0.1) is 51.1 Å². The third-order valence-corrected chi connectivity index (χ3v) is 11.0. The first-order valence-electron chi connectivity index (χ1n) is 19.1. The number of piperidine rings is 1. The monoisotopic (exact) mass is 824 g/mol. The number of fused-ring (bicyclic) bond motifs is 2. The number of benzene rings is 5. The lowest BCUT2D eigenvalue weighted by Gasteiger charge is -2.29. The summed E-state index contributed by atoms with van der Waals surface area (Å²) in [6.45, 7) is 3.03. The third-order valence-electron chi connectivity index (χ3n) is 9.86. The van der Waals surface area contributed by atoms with E-state index in [0.29, 0.717) is 86.8 Å². The first-order valence-corrected chi connectivity index (χ1v) is 21.0. The van der Waals surface area contributed by atoms with Gasteiger partial charge in [0, 0.05) is 34.8 Å². The van der Waals surface area contributed by atoms with Gasteiger partial charge in [-0.1, -0.05) is 24.3 Å². The van der Waals surface area contributed by atoms with Gasteiger partial charge in [0.25, 0.3) is 5.91 Å². The molecule has 5 aromatic carbocycles. The van der Waals surface area contributed by atoms with E-state index in [1.165, 1.54) is 11.2 Å². The predicted octanol–water partition coefficient (Wildman–Crippen LogP) is 5.68. The zero-order chi connectivity index (χ0) is 41.4. The molecule has 14 nitrogen and oxygen atoms in total. The standard InChI is InChI=1S/C44H44N2O12S/c1-59(51,52)34-13-5-29(6-14-34)35-15-7-30-27-31(47)8-16-36(30)42(35)58-33-11-9-32(10-12-33)56-25-23-54-21-19-53-20-22-55-24-26-57-40-4-2-3-37-38(40)28-46(44(37)50)39-17-18-41(48)45-43(39)49/h2-16,27,39,47H,17-26,28H2,1H3,(H,45,48,49). The second kappa shape index (κ2) is 18.7. The van der Waals surface area contributed by atoms with Crippen molar-refractivity contribution in [1.82, 2.24) is 10.2 Å². The van der Waals surface area contributed by atoms with Crippen LogP contribution in [0.4, 0.5) is 0 Å². The molecule has 59 heavy (non-hydrogen) atoms. The summed E-state index contributed by atoms with van der Waals surface area (Å²) in [6, 6.07) is 27.2. The molecule has 2 N–H and O–H groups in total. The zero-order valence-corrected chi connectivity index (χ0v) is 33.2. The molecule has 3 amide bonds. The highest BCUT2D eigenvalue weighted by atomic mass is 32.2. The van der Waals surface area contributed by atoms with Gasteiger partial charge >= 0.3 is 0 Å². The number of phenols is 1. The molecule has 15 heteroatoms. The van der Waals surface area contributed by atoms with Crippen LogP contribution in [-0.4, -0.2) is 101 Å². The Hall–Kier alpha value is -6.00. The Morgan fingerprint density at radius 2 is 1.39 bits per heavy atom. The van der Waals surface area contributed by atoms with Crippen molar-refractivity contribution < 1.29 is 56.3 Å². The number of nitrogens with zero attached hydrogens (tertiary/aromatic N) is 1. The molecule has 5 aromatic rings. The lowest BCUT2D eigenvalue weighted by Crippen LogP contribution is -2.52. The van der Waals surface area contributed by atoms with Crippen molar-refractivity contribution in [1.29, 1.82) is 0 Å². The topological polar surface area (TPSA) is 176 Å². The number of rotatable bonds is 19. The minimum atomic E-state index is -3.35. The molecule has 0 saturated carbocycles. The van der Waals surface area contributed by atoms with Gasteiger partial charge in [-0.25, -0.2) is 8.42 Å². The summed E-state index contributed by atoms with van der Waals surface area (Å²) in [5.74, 6) is 1.43. The molecule has 7 rings (SSSR count). The fourth-order valence-electron chi connectivity index (χ4n) is 6.89. The Balaban J connectivity index is 0.781. The van der Waals surface area contributed by atoms with Gasteiger partial charge < -0.3 is 38.4 Å². The van der Waals surface area contributed by atoms with Crippen LogP contribution in [0, 0.1) is 0 Å². The van der Waals surface area contributed by atoms with Crippen LogP contribution in [0.5, 0.6) is 28.7 Å². The van der Waals surface area contributed by atoms with Crippen LogP contribution in [0.1, 0.15) is 28.8 Å². The number of carbonyl (C=O) groups is 3. The van der Waals surface area contributed by atoms with Gasteiger partial charge in [-0.05, 0) is 90.2 Å². The number of sulfone groups is 1. The lowest BCUT2D eigenvalue weighted by molar-refractivity contribution is -0.136. The van der Waals surface area contributed by atoms with E-state index in [1.807, 2.05) is 12.1 Å². The molecule has 308 valence electrons. The second-order valence-corrected chi connectivity index (χ2v) is 15.9. The minimum absolute atomic E-state index is 0.134. The molecule has 2 aliphatic rings. The summed E-state index contributed by atoms with van der Waals surface area (Å²) in [7, 11) is -3.35. The van der Waals surface area contributed by atoms with Crippen LogP contribution in [0.2, 0.25) is 0 Å². The number of aromatic hydroxyl groups is 1. The van der Waals surface area contributed by atoms with Gasteiger partial charge in [-0.15, -0.1) is 0 Å². The summed E-state index contributed by atoms with van der Waals surface area (Å²) in [4.78, 5) is 38.6. The molecule has 0 bridgehead atoms. The average Bonchev–Trinajstić information content (AvgIpc) is 3.56. The maximum atomic E-state index is 13.0. The summed E-state index contributed by atoms with van der Waals surface area (Å²) in [5, 5.41) is 13.9. The normalized spacial score (nSPS) is 15.3. The smallest absolute Gasteiger partial charge is 0.255 e. The quantitative estimate of drug-likeness (QED) is 0.0772. The fraction of sp³-hybridized carbons (Fsp3) is 0.295. The first-order chi connectivity index (χ1) is 28.5. The molecule has 0 radical (unpaired) electrons. The molecule has 0 aliphatic carbocycles. The summed E-state index contributed by atoms with van der Waals surface area (Å²) < 4.78 is 59.0. The minimum Gasteiger partial charge on any atom is -0.508 e. The van der Waals surface area contributed by atoms with Crippen molar-refractivity contribution in [2.24, 2.45) is 0 Å². The molecule has 1 fully saturated rings. The van der Waals surface area contributed by atoms with E-state index in [2.05, 4.69) is 5.32 Å². The van der Waals surface area contributed by atoms with Crippen LogP contribution in [0.3, 0.4) is 0 Å². The van der Waals surface area contributed by atoms with Crippen molar-refractivity contribution in [3.05, 3.63) is 108 Å². The van der Waals surface area contributed by atoms with E-state index >= 15 is 0 Å². The largest absolute Gasteiger partial charge is 0.508 e. The van der Waals surface area contributed by atoms with E-state index < -0.39 is 21.8 Å². The Kier molecular flexibility index (Phi) is 13.1. The Bertz CT molecular complexity index is 2420. The number of imide groups is 1. The molecule has 0 aromatic heterocycles. The number of ether oxygens (including phenoxy) is 6. The number of hydrogen-bond acceptors (Lipinski definition) is 12. The molecule has 1 saturated heterocycles. The van der Waals surface area contributed by atoms with Gasteiger partial charge in [-0.2, -0.15) is 0 Å². The molecule has 1 unspecified atom stereocenters. The predicted molar refractivity (Wildman–Crippen MR) is 217 cm³/mol. The Morgan fingerprint density at radius 3 is 2.07 bits per heavy atom. The Morgan fingerprint density at radius 1 is 0.729 bits per heavy atom. The summed E-state index contributed by atoms with van der Waals surface area (Å²) >= 11 is 0. The van der Waals surface area contributed by atoms with Gasteiger partial charge in [-0.3, -0.25) is 19.7 Å². The number of hydrogen-bond donors (Lipinski definition) is 2. The highest BCUT2D eigenvalue weighted by Crippen LogP contribution is 2.41. The van der Waals surface area contributed by atoms with Crippen molar-refractivity contribution in [2.45, 2.75) is 30.3 Å². The molecule has 1 atom stereocenters. The highest BCUT2D eigenvalue weighted by Gasteiger charge is 2.40. The van der Waals surface area contributed by atoms with E-state index in [-0.39, 0.29) is 42.0 Å². The third kappa shape index (κ3) is 10.2. The second-order valence-electron chi connectivity index (χ2n) is 13.9.